The van der Waals surface area contributed by atoms with Gasteiger partial charge in [-0.05, 0) is 43.3 Å². The van der Waals surface area contributed by atoms with Crippen LogP contribution in [0.1, 0.15) is 28.4 Å². The van der Waals surface area contributed by atoms with Gasteiger partial charge in [-0.3, -0.25) is 4.79 Å². The van der Waals surface area contributed by atoms with E-state index in [4.69, 9.17) is 10.00 Å². The van der Waals surface area contributed by atoms with Gasteiger partial charge in [0.15, 0.2) is 5.78 Å². The Balaban J connectivity index is 2.27. The molecule has 106 valence electrons. The fraction of sp³-hybridized carbons (Fsp3) is 0.125. The van der Waals surface area contributed by atoms with Crippen LogP contribution >= 0.6 is 0 Å². The summed E-state index contributed by atoms with van der Waals surface area (Å²) in [6.45, 7) is 1.21. The molecule has 0 bridgehead atoms. The molecule has 0 aliphatic rings. The lowest BCUT2D eigenvalue weighted by Crippen LogP contribution is -2.04. The van der Waals surface area contributed by atoms with E-state index in [0.717, 1.165) is 6.07 Å². The van der Waals surface area contributed by atoms with Crippen molar-refractivity contribution in [2.75, 3.05) is 0 Å². The molecule has 0 heterocycles. The first-order valence-corrected chi connectivity index (χ1v) is 6.13. The van der Waals surface area contributed by atoms with Crippen LogP contribution in [-0.2, 0) is 6.61 Å². The molecule has 2 rings (SSSR count). The summed E-state index contributed by atoms with van der Waals surface area (Å²) < 4.78 is 31.8. The van der Waals surface area contributed by atoms with Gasteiger partial charge >= 0.3 is 0 Å². The number of nitrogens with zero attached hydrogens (tertiary/aromatic N) is 1. The maximum atomic E-state index is 13.2. The van der Waals surface area contributed by atoms with Crippen molar-refractivity contribution in [1.82, 2.24) is 0 Å². The topological polar surface area (TPSA) is 50.1 Å². The number of carbonyl (C=O) groups is 1. The lowest BCUT2D eigenvalue weighted by molar-refractivity contribution is 0.101. The Morgan fingerprint density at radius 3 is 2.52 bits per heavy atom. The monoisotopic (exact) mass is 287 g/mol. The highest BCUT2D eigenvalue weighted by molar-refractivity contribution is 5.96. The number of benzene rings is 2. The quantitative estimate of drug-likeness (QED) is 0.807. The number of Topliss-reactive ketones (excluding diaryl/α,β-unsaturated/α-hetero) is 1. The van der Waals surface area contributed by atoms with Gasteiger partial charge in [0.05, 0.1) is 17.2 Å². The fourth-order valence-corrected chi connectivity index (χ4v) is 1.85. The fourth-order valence-electron chi connectivity index (χ4n) is 1.85. The van der Waals surface area contributed by atoms with Gasteiger partial charge in [0.25, 0.3) is 0 Å². The van der Waals surface area contributed by atoms with E-state index in [9.17, 15) is 13.6 Å². The summed E-state index contributed by atoms with van der Waals surface area (Å²) in [7, 11) is 0. The van der Waals surface area contributed by atoms with E-state index >= 15 is 0 Å². The predicted molar refractivity (Wildman–Crippen MR) is 71.9 cm³/mol. The molecule has 0 saturated heterocycles. The number of ketones is 1. The third kappa shape index (κ3) is 3.42. The average Bonchev–Trinajstić information content (AvgIpc) is 2.46. The Morgan fingerprint density at radius 1 is 1.19 bits per heavy atom. The van der Waals surface area contributed by atoms with Gasteiger partial charge in [-0.15, -0.1) is 0 Å². The first-order valence-electron chi connectivity index (χ1n) is 6.13. The Bertz CT molecular complexity index is 736. The highest BCUT2D eigenvalue weighted by Gasteiger charge is 2.11. The Hall–Kier alpha value is -2.74. The van der Waals surface area contributed by atoms with E-state index in [0.29, 0.717) is 5.56 Å². The molecule has 0 fully saturated rings. The normalized spacial score (nSPS) is 10.0. The molecule has 0 spiro atoms. The van der Waals surface area contributed by atoms with Crippen molar-refractivity contribution in [3.05, 3.63) is 64.7 Å². The molecule has 0 aromatic heterocycles. The first kappa shape index (κ1) is 14.7. The van der Waals surface area contributed by atoms with Gasteiger partial charge in [-0.2, -0.15) is 5.26 Å². The maximum Gasteiger partial charge on any atom is 0.163 e. The minimum absolute atomic E-state index is 0.0907. The molecule has 2 aromatic rings. The first-order chi connectivity index (χ1) is 10.0. The van der Waals surface area contributed by atoms with Crippen LogP contribution in [0.25, 0.3) is 0 Å². The van der Waals surface area contributed by atoms with Crippen molar-refractivity contribution in [2.45, 2.75) is 13.5 Å². The zero-order chi connectivity index (χ0) is 15.4. The molecule has 5 heteroatoms. The highest BCUT2D eigenvalue weighted by Crippen LogP contribution is 2.22. The van der Waals surface area contributed by atoms with Crippen molar-refractivity contribution in [3.8, 4) is 11.8 Å². The molecule has 0 radical (unpaired) electrons. The average molecular weight is 287 g/mol. The van der Waals surface area contributed by atoms with Crippen molar-refractivity contribution >= 4 is 5.78 Å². The van der Waals surface area contributed by atoms with Crippen molar-refractivity contribution in [1.29, 1.82) is 5.26 Å². The zero-order valence-corrected chi connectivity index (χ0v) is 11.2. The second kappa shape index (κ2) is 6.14. The minimum Gasteiger partial charge on any atom is -0.488 e. The highest BCUT2D eigenvalue weighted by atomic mass is 19.1. The Labute approximate surface area is 120 Å². The van der Waals surface area contributed by atoms with Gasteiger partial charge < -0.3 is 4.74 Å². The number of ether oxygens (including phenoxy) is 1. The number of rotatable bonds is 4. The Kier molecular flexibility index (Phi) is 4.29. The van der Waals surface area contributed by atoms with E-state index in [2.05, 4.69) is 0 Å². The SMILES string of the molecule is CC(=O)c1cc(F)ccc1OCc1cc(F)ccc1C#N. The summed E-state index contributed by atoms with van der Waals surface area (Å²) in [6, 6.07) is 9.23. The van der Waals surface area contributed by atoms with E-state index in [1.807, 2.05) is 6.07 Å². The summed E-state index contributed by atoms with van der Waals surface area (Å²) in [5, 5.41) is 8.95. The van der Waals surface area contributed by atoms with Crippen molar-refractivity contribution in [2.24, 2.45) is 0 Å². The van der Waals surface area contributed by atoms with Gasteiger partial charge in [0.2, 0.25) is 0 Å². The van der Waals surface area contributed by atoms with Crippen LogP contribution in [0.5, 0.6) is 5.75 Å². The van der Waals surface area contributed by atoms with Crippen LogP contribution in [0.15, 0.2) is 36.4 Å². The molecule has 3 nitrogen and oxygen atoms in total. The van der Waals surface area contributed by atoms with E-state index in [-0.39, 0.29) is 29.3 Å². The van der Waals surface area contributed by atoms with Gasteiger partial charge in [0.1, 0.15) is 24.0 Å². The third-order valence-corrected chi connectivity index (χ3v) is 2.89. The van der Waals surface area contributed by atoms with Crippen LogP contribution in [0.2, 0.25) is 0 Å². The summed E-state index contributed by atoms with van der Waals surface area (Å²) >= 11 is 0. The molecule has 21 heavy (non-hydrogen) atoms. The summed E-state index contributed by atoms with van der Waals surface area (Å²) in [4.78, 5) is 11.4. The number of hydrogen-bond donors (Lipinski definition) is 0. The van der Waals surface area contributed by atoms with Crippen LogP contribution in [0.4, 0.5) is 8.78 Å². The summed E-state index contributed by atoms with van der Waals surface area (Å²) in [5.74, 6) is -1.18. The number of nitriles is 1. The molecular weight excluding hydrogens is 276 g/mol. The van der Waals surface area contributed by atoms with Crippen molar-refractivity contribution in [3.63, 3.8) is 0 Å². The van der Waals surface area contributed by atoms with Crippen LogP contribution in [0.3, 0.4) is 0 Å². The van der Waals surface area contributed by atoms with Gasteiger partial charge in [0, 0.05) is 5.56 Å². The Morgan fingerprint density at radius 2 is 1.86 bits per heavy atom. The molecular formula is C16H11F2NO2. The molecule has 0 unspecified atom stereocenters. The predicted octanol–water partition coefficient (Wildman–Crippen LogP) is 3.62. The maximum absolute atomic E-state index is 13.2. The van der Waals surface area contributed by atoms with Crippen molar-refractivity contribution < 1.29 is 18.3 Å². The summed E-state index contributed by atoms with van der Waals surface area (Å²) in [6.07, 6.45) is 0. The smallest absolute Gasteiger partial charge is 0.163 e. The number of hydrogen-bond acceptors (Lipinski definition) is 3. The molecule has 0 aliphatic heterocycles. The largest absolute Gasteiger partial charge is 0.488 e. The van der Waals surface area contributed by atoms with E-state index < -0.39 is 11.6 Å². The number of carbonyl (C=O) groups excluding carboxylic acids is 1. The number of halogens is 2. The second-order valence-corrected chi connectivity index (χ2v) is 4.40. The molecule has 0 N–H and O–H groups in total. The lowest BCUT2D eigenvalue weighted by Gasteiger charge is -2.11. The molecule has 2 aromatic carbocycles. The molecule has 0 saturated carbocycles. The molecule has 0 atom stereocenters. The standard InChI is InChI=1S/C16H11F2NO2/c1-10(20)15-7-14(18)4-5-16(15)21-9-12-6-13(17)3-2-11(12)8-19/h2-7H,9H2,1H3. The van der Waals surface area contributed by atoms with E-state index in [1.54, 1.807) is 0 Å². The zero-order valence-electron chi connectivity index (χ0n) is 11.2. The van der Waals surface area contributed by atoms with Crippen LogP contribution in [0, 0.1) is 23.0 Å². The van der Waals surface area contributed by atoms with Gasteiger partial charge in [-0.25, -0.2) is 8.78 Å². The third-order valence-electron chi connectivity index (χ3n) is 2.89. The molecule has 0 amide bonds. The summed E-state index contributed by atoms with van der Waals surface area (Å²) in [5.41, 5.74) is 0.740. The lowest BCUT2D eigenvalue weighted by atomic mass is 10.1. The van der Waals surface area contributed by atoms with E-state index in [1.165, 1.54) is 37.3 Å². The minimum atomic E-state index is -0.545. The second-order valence-electron chi connectivity index (χ2n) is 4.40. The molecule has 0 aliphatic carbocycles. The van der Waals surface area contributed by atoms with Crippen LogP contribution < -0.4 is 4.74 Å². The van der Waals surface area contributed by atoms with Crippen LogP contribution in [-0.4, -0.2) is 5.78 Å². The van der Waals surface area contributed by atoms with Gasteiger partial charge in [-0.1, -0.05) is 0 Å².